The number of hydrogen-bond donors (Lipinski definition) is 3. The average Bonchev–Trinajstić information content (AvgIpc) is 3.00. The molecule has 0 aromatic carbocycles. The Balaban J connectivity index is 2.62. The van der Waals surface area contributed by atoms with Crippen molar-refractivity contribution in [3.63, 3.8) is 0 Å². The smallest absolute Gasteiger partial charge is 0.191 e. The van der Waals surface area contributed by atoms with Crippen LogP contribution in [0, 0.1) is 5.92 Å². The lowest BCUT2D eigenvalue weighted by molar-refractivity contribution is 0.0711. The molecule has 0 aliphatic heterocycles. The van der Waals surface area contributed by atoms with Gasteiger partial charge in [-0.2, -0.15) is 0 Å². The number of guanidine groups is 1. The third-order valence-electron chi connectivity index (χ3n) is 3.65. The molecule has 21 heavy (non-hydrogen) atoms. The van der Waals surface area contributed by atoms with Gasteiger partial charge in [0.05, 0.1) is 6.54 Å². The van der Waals surface area contributed by atoms with Gasteiger partial charge in [0.15, 0.2) is 5.96 Å². The monoisotopic (exact) mass is 311 g/mol. The number of nitrogens with one attached hydrogen (secondary N) is 2. The molecule has 1 aromatic rings. The summed E-state index contributed by atoms with van der Waals surface area (Å²) in [4.78, 5) is 5.48. The number of rotatable bonds is 8. The summed E-state index contributed by atoms with van der Waals surface area (Å²) in [6.45, 7) is 10.4. The van der Waals surface area contributed by atoms with Crippen LogP contribution in [0.1, 0.15) is 45.4 Å². The molecule has 0 fully saturated rings. The van der Waals surface area contributed by atoms with E-state index in [9.17, 15) is 5.11 Å². The molecule has 1 atom stereocenters. The van der Waals surface area contributed by atoms with Gasteiger partial charge < -0.3 is 15.7 Å². The van der Waals surface area contributed by atoms with Crippen LogP contribution >= 0.6 is 11.3 Å². The fourth-order valence-corrected chi connectivity index (χ4v) is 2.84. The summed E-state index contributed by atoms with van der Waals surface area (Å²) in [6.07, 6.45) is 2.33. The zero-order valence-corrected chi connectivity index (χ0v) is 14.5. The molecule has 120 valence electrons. The van der Waals surface area contributed by atoms with Gasteiger partial charge in [-0.3, -0.25) is 0 Å². The summed E-state index contributed by atoms with van der Waals surface area (Å²) >= 11 is 1.56. The van der Waals surface area contributed by atoms with Gasteiger partial charge in [0.2, 0.25) is 0 Å². The first-order valence-corrected chi connectivity index (χ1v) is 8.69. The normalized spacial score (nSPS) is 15.0. The summed E-state index contributed by atoms with van der Waals surface area (Å²) in [7, 11) is 0. The Morgan fingerprint density at radius 1 is 1.33 bits per heavy atom. The van der Waals surface area contributed by atoms with Crippen LogP contribution in [-0.4, -0.2) is 30.7 Å². The minimum Gasteiger partial charge on any atom is -0.383 e. The predicted molar refractivity (Wildman–Crippen MR) is 91.9 cm³/mol. The van der Waals surface area contributed by atoms with Crippen LogP contribution in [0.25, 0.3) is 0 Å². The van der Waals surface area contributed by atoms with Crippen molar-refractivity contribution in [3.05, 3.63) is 22.4 Å². The fraction of sp³-hybridized carbons (Fsp3) is 0.688. The molecule has 0 aliphatic rings. The van der Waals surface area contributed by atoms with Crippen molar-refractivity contribution in [2.75, 3.05) is 19.6 Å². The lowest BCUT2D eigenvalue weighted by atomic mass is 10.0. The van der Waals surface area contributed by atoms with Gasteiger partial charge in [0.1, 0.15) is 5.60 Å². The molecular weight excluding hydrogens is 282 g/mol. The topological polar surface area (TPSA) is 56.7 Å². The molecule has 0 amide bonds. The highest BCUT2D eigenvalue weighted by Gasteiger charge is 2.24. The van der Waals surface area contributed by atoms with Crippen LogP contribution < -0.4 is 10.6 Å². The average molecular weight is 311 g/mol. The van der Waals surface area contributed by atoms with E-state index in [1.807, 2.05) is 31.4 Å². The predicted octanol–water partition coefficient (Wildman–Crippen LogP) is 2.95. The van der Waals surface area contributed by atoms with Gasteiger partial charge in [0.25, 0.3) is 0 Å². The zero-order valence-electron chi connectivity index (χ0n) is 13.6. The van der Waals surface area contributed by atoms with Crippen molar-refractivity contribution >= 4 is 17.3 Å². The van der Waals surface area contributed by atoms with Crippen molar-refractivity contribution in [2.45, 2.75) is 46.1 Å². The molecule has 1 heterocycles. The summed E-state index contributed by atoms with van der Waals surface area (Å²) in [5.41, 5.74) is -0.911. The first-order chi connectivity index (χ1) is 10.0. The summed E-state index contributed by atoms with van der Waals surface area (Å²) < 4.78 is 0. The standard InChI is InChI=1S/C16H29N3OS/c1-5-13(6-2)11-18-15(17-7-3)19-12-16(4,20)14-9-8-10-21-14/h8-10,13,20H,5-7,11-12H2,1-4H3,(H2,17,18,19). The molecule has 1 unspecified atom stereocenters. The van der Waals surface area contributed by atoms with E-state index in [0.29, 0.717) is 12.5 Å². The van der Waals surface area contributed by atoms with Gasteiger partial charge in [-0.05, 0) is 31.2 Å². The first-order valence-electron chi connectivity index (χ1n) is 7.82. The maximum absolute atomic E-state index is 10.5. The molecule has 1 aromatic heterocycles. The van der Waals surface area contributed by atoms with Crippen LogP contribution in [0.15, 0.2) is 22.5 Å². The summed E-state index contributed by atoms with van der Waals surface area (Å²) in [5, 5.41) is 19.1. The van der Waals surface area contributed by atoms with Gasteiger partial charge in [-0.1, -0.05) is 32.8 Å². The van der Waals surface area contributed by atoms with E-state index in [2.05, 4.69) is 29.5 Å². The minimum atomic E-state index is -0.911. The molecule has 3 N–H and O–H groups in total. The van der Waals surface area contributed by atoms with Crippen LogP contribution in [0.4, 0.5) is 0 Å². The second kappa shape index (κ2) is 9.05. The van der Waals surface area contributed by atoms with Crippen molar-refractivity contribution in [1.82, 2.24) is 10.6 Å². The first kappa shape index (κ1) is 18.0. The van der Waals surface area contributed by atoms with Crippen molar-refractivity contribution in [2.24, 2.45) is 10.9 Å². The van der Waals surface area contributed by atoms with E-state index < -0.39 is 5.60 Å². The van der Waals surface area contributed by atoms with Gasteiger partial charge in [-0.15, -0.1) is 11.3 Å². The molecule has 4 nitrogen and oxygen atoms in total. The second-order valence-electron chi connectivity index (χ2n) is 5.51. The van der Waals surface area contributed by atoms with Crippen LogP contribution in [0.5, 0.6) is 0 Å². The van der Waals surface area contributed by atoms with Crippen LogP contribution in [-0.2, 0) is 5.60 Å². The largest absolute Gasteiger partial charge is 0.383 e. The van der Waals surface area contributed by atoms with Crippen LogP contribution in [0.3, 0.4) is 0 Å². The zero-order chi connectivity index (χ0) is 15.7. The molecule has 0 radical (unpaired) electrons. The summed E-state index contributed by atoms with van der Waals surface area (Å²) in [5.74, 6) is 1.44. The van der Waals surface area contributed by atoms with E-state index in [-0.39, 0.29) is 0 Å². The number of nitrogens with zero attached hydrogens (tertiary/aromatic N) is 1. The third-order valence-corrected chi connectivity index (χ3v) is 4.78. The number of hydrogen-bond acceptors (Lipinski definition) is 3. The van der Waals surface area contributed by atoms with Crippen molar-refractivity contribution in [3.8, 4) is 0 Å². The van der Waals surface area contributed by atoms with Crippen molar-refractivity contribution in [1.29, 1.82) is 0 Å². The lowest BCUT2D eigenvalue weighted by Gasteiger charge is -2.21. The third kappa shape index (κ3) is 6.06. The molecule has 0 saturated heterocycles. The highest BCUT2D eigenvalue weighted by atomic mass is 32.1. The Bertz CT molecular complexity index is 411. The number of aliphatic imine (C=N–C) groups is 1. The van der Waals surface area contributed by atoms with Gasteiger partial charge in [-0.25, -0.2) is 4.99 Å². The van der Waals surface area contributed by atoms with E-state index in [1.54, 1.807) is 11.3 Å². The van der Waals surface area contributed by atoms with Gasteiger partial charge >= 0.3 is 0 Å². The Morgan fingerprint density at radius 3 is 2.57 bits per heavy atom. The quantitative estimate of drug-likeness (QED) is 0.511. The number of aliphatic hydroxyl groups is 1. The minimum absolute atomic E-state index is 0.353. The SMILES string of the molecule is CCNC(=NCC(C)(O)c1cccs1)NCC(CC)CC. The maximum atomic E-state index is 10.5. The van der Waals surface area contributed by atoms with Crippen molar-refractivity contribution < 1.29 is 5.11 Å². The van der Waals surface area contributed by atoms with Gasteiger partial charge in [0, 0.05) is 18.0 Å². The Morgan fingerprint density at radius 2 is 2.05 bits per heavy atom. The Hall–Kier alpha value is -1.07. The number of thiophene rings is 1. The van der Waals surface area contributed by atoms with E-state index in [1.165, 1.54) is 0 Å². The van der Waals surface area contributed by atoms with E-state index in [0.717, 1.165) is 36.8 Å². The summed E-state index contributed by atoms with van der Waals surface area (Å²) in [6, 6.07) is 3.90. The molecular formula is C16H29N3OS. The molecule has 1 rings (SSSR count). The lowest BCUT2D eigenvalue weighted by Crippen LogP contribution is -2.40. The molecule has 0 bridgehead atoms. The molecule has 0 aliphatic carbocycles. The van der Waals surface area contributed by atoms with E-state index >= 15 is 0 Å². The van der Waals surface area contributed by atoms with E-state index in [4.69, 9.17) is 0 Å². The molecule has 0 spiro atoms. The fourth-order valence-electron chi connectivity index (χ4n) is 2.06. The second-order valence-corrected chi connectivity index (χ2v) is 6.46. The molecule has 5 heteroatoms. The highest BCUT2D eigenvalue weighted by Crippen LogP contribution is 2.25. The van der Waals surface area contributed by atoms with Crippen LogP contribution in [0.2, 0.25) is 0 Å². The molecule has 0 saturated carbocycles. The highest BCUT2D eigenvalue weighted by molar-refractivity contribution is 7.10. The Kier molecular flexibility index (Phi) is 7.75. The Labute approximate surface area is 132 Å². The maximum Gasteiger partial charge on any atom is 0.191 e.